The Balaban J connectivity index is 1.63. The Morgan fingerprint density at radius 2 is 2.08 bits per heavy atom. The largest absolute Gasteiger partial charge is 0.493 e. The molecular formula is C16H21N3O5S2. The number of carbonyl (C=O) groups excluding carboxylic acids is 1. The van der Waals surface area contributed by atoms with E-state index in [-0.39, 0.29) is 34.6 Å². The van der Waals surface area contributed by atoms with Gasteiger partial charge < -0.3 is 20.1 Å². The Labute approximate surface area is 156 Å². The monoisotopic (exact) mass is 399 g/mol. The van der Waals surface area contributed by atoms with Crippen LogP contribution in [-0.4, -0.2) is 58.2 Å². The first-order valence-corrected chi connectivity index (χ1v) is 10.9. The molecule has 0 bridgehead atoms. The van der Waals surface area contributed by atoms with Gasteiger partial charge in [0.05, 0.1) is 37.8 Å². The zero-order valence-corrected chi connectivity index (χ0v) is 16.2. The molecule has 0 spiro atoms. The maximum absolute atomic E-state index is 12.1. The van der Waals surface area contributed by atoms with E-state index in [1.807, 2.05) is 12.1 Å². The number of hydrogen-bond donors (Lipinski definition) is 2. The smallest absolute Gasteiger partial charge is 0.230 e. The first-order valence-electron chi connectivity index (χ1n) is 8.07. The third kappa shape index (κ3) is 4.24. The van der Waals surface area contributed by atoms with Gasteiger partial charge in [-0.25, -0.2) is 8.42 Å². The van der Waals surface area contributed by atoms with Crippen LogP contribution in [0, 0.1) is 0 Å². The third-order valence-electron chi connectivity index (χ3n) is 4.22. The molecular weight excluding hydrogens is 378 g/mol. The lowest BCUT2D eigenvalue weighted by atomic mass is 10.1. The molecule has 2 unspecified atom stereocenters. The third-order valence-corrected chi connectivity index (χ3v) is 7.11. The number of fused-ring (bicyclic) bond motifs is 1. The van der Waals surface area contributed by atoms with Crippen LogP contribution in [0.4, 0.5) is 5.69 Å². The van der Waals surface area contributed by atoms with E-state index in [1.165, 1.54) is 11.8 Å². The van der Waals surface area contributed by atoms with Crippen molar-refractivity contribution in [1.82, 2.24) is 5.32 Å². The van der Waals surface area contributed by atoms with Crippen LogP contribution in [0.3, 0.4) is 0 Å². The van der Waals surface area contributed by atoms with Crippen molar-refractivity contribution in [1.29, 1.82) is 0 Å². The van der Waals surface area contributed by atoms with Gasteiger partial charge in [-0.15, -0.1) is 11.8 Å². The molecule has 0 saturated carbocycles. The van der Waals surface area contributed by atoms with Crippen LogP contribution in [-0.2, 0) is 14.6 Å². The molecule has 0 aromatic heterocycles. The summed E-state index contributed by atoms with van der Waals surface area (Å²) in [5.74, 6) is 1.36. The van der Waals surface area contributed by atoms with Crippen LogP contribution in [0.5, 0.6) is 11.5 Å². The average Bonchev–Trinajstić information content (AvgIpc) is 2.96. The second-order valence-electron chi connectivity index (χ2n) is 6.05. The van der Waals surface area contributed by atoms with Gasteiger partial charge in [-0.1, -0.05) is 0 Å². The van der Waals surface area contributed by atoms with Gasteiger partial charge in [-0.2, -0.15) is 0 Å². The van der Waals surface area contributed by atoms with E-state index in [0.29, 0.717) is 17.9 Å². The first kappa shape index (κ1) is 18.8. The normalized spacial score (nSPS) is 23.0. The molecule has 2 aliphatic heterocycles. The number of benzene rings is 1. The molecule has 1 aromatic carbocycles. The molecule has 1 amide bonds. The van der Waals surface area contributed by atoms with E-state index >= 15 is 0 Å². The van der Waals surface area contributed by atoms with Crippen molar-refractivity contribution in [2.75, 3.05) is 36.8 Å². The van der Waals surface area contributed by atoms with Crippen LogP contribution < -0.4 is 20.1 Å². The number of ether oxygens (including phenoxy) is 2. The molecule has 2 heterocycles. The molecule has 3 rings (SSSR count). The fourth-order valence-electron chi connectivity index (χ4n) is 2.94. The number of anilines is 1. The van der Waals surface area contributed by atoms with Crippen LogP contribution in [0.15, 0.2) is 17.1 Å². The number of amides is 1. The summed E-state index contributed by atoms with van der Waals surface area (Å²) < 4.78 is 33.6. The number of thioether (sulfide) groups is 1. The van der Waals surface area contributed by atoms with Crippen LogP contribution >= 0.6 is 11.8 Å². The standard InChI is InChI=1S/C16H21N3O5S2/c1-23-13-5-11-12(6-14(13)24-2)17-9-18-16(11)25-7-15(20)19-10-3-4-26(21,22)8-10/h5-6,9-10,16H,3-4,7-8H2,1-2H3,(H,17,18)(H,19,20). The minimum Gasteiger partial charge on any atom is -0.493 e. The zero-order chi connectivity index (χ0) is 18.7. The van der Waals surface area contributed by atoms with Gasteiger partial charge >= 0.3 is 0 Å². The number of hydrogen-bond acceptors (Lipinski definition) is 8. The molecule has 1 aromatic rings. The van der Waals surface area contributed by atoms with Gasteiger partial charge in [0.25, 0.3) is 0 Å². The maximum Gasteiger partial charge on any atom is 0.230 e. The molecule has 2 aliphatic rings. The summed E-state index contributed by atoms with van der Waals surface area (Å²) in [5.41, 5.74) is 1.74. The second kappa shape index (κ2) is 7.75. The van der Waals surface area contributed by atoms with Gasteiger partial charge in [-0.3, -0.25) is 9.79 Å². The van der Waals surface area contributed by atoms with Crippen molar-refractivity contribution in [3.05, 3.63) is 17.7 Å². The molecule has 0 aliphatic carbocycles. The van der Waals surface area contributed by atoms with E-state index in [0.717, 1.165) is 11.3 Å². The first-order chi connectivity index (χ1) is 12.4. The highest BCUT2D eigenvalue weighted by molar-refractivity contribution is 8.00. The summed E-state index contributed by atoms with van der Waals surface area (Å²) in [5, 5.41) is 5.59. The Kier molecular flexibility index (Phi) is 5.61. The quantitative estimate of drug-likeness (QED) is 0.740. The topological polar surface area (TPSA) is 106 Å². The highest BCUT2D eigenvalue weighted by Crippen LogP contribution is 2.42. The van der Waals surface area contributed by atoms with E-state index in [1.54, 1.807) is 20.6 Å². The predicted molar refractivity (Wildman–Crippen MR) is 102 cm³/mol. The molecule has 26 heavy (non-hydrogen) atoms. The van der Waals surface area contributed by atoms with Gasteiger partial charge in [0.2, 0.25) is 5.91 Å². The summed E-state index contributed by atoms with van der Waals surface area (Å²) in [6, 6.07) is 3.38. The fraction of sp³-hybridized carbons (Fsp3) is 0.500. The van der Waals surface area contributed by atoms with Crippen molar-refractivity contribution < 1.29 is 22.7 Å². The van der Waals surface area contributed by atoms with E-state index in [4.69, 9.17) is 9.47 Å². The fourth-order valence-corrected chi connectivity index (χ4v) is 5.53. The average molecular weight is 399 g/mol. The van der Waals surface area contributed by atoms with E-state index in [2.05, 4.69) is 15.6 Å². The molecule has 8 nitrogen and oxygen atoms in total. The number of methoxy groups -OCH3 is 2. The molecule has 10 heteroatoms. The lowest BCUT2D eigenvalue weighted by Crippen LogP contribution is -2.36. The highest BCUT2D eigenvalue weighted by Gasteiger charge is 2.29. The minimum atomic E-state index is -3.01. The summed E-state index contributed by atoms with van der Waals surface area (Å²) >= 11 is 1.37. The van der Waals surface area contributed by atoms with E-state index < -0.39 is 9.84 Å². The Morgan fingerprint density at radius 3 is 2.73 bits per heavy atom. The second-order valence-corrected chi connectivity index (χ2v) is 9.35. The molecule has 0 radical (unpaired) electrons. The van der Waals surface area contributed by atoms with Crippen molar-refractivity contribution in [2.24, 2.45) is 4.99 Å². The summed E-state index contributed by atoms with van der Waals surface area (Å²) in [6.07, 6.45) is 2.07. The van der Waals surface area contributed by atoms with Gasteiger partial charge in [-0.05, 0) is 12.5 Å². The number of aliphatic imine (C=N–C) groups is 1. The Bertz CT molecular complexity index is 825. The van der Waals surface area contributed by atoms with Crippen molar-refractivity contribution in [3.63, 3.8) is 0 Å². The Morgan fingerprint density at radius 1 is 1.35 bits per heavy atom. The number of sulfone groups is 1. The summed E-state index contributed by atoms with van der Waals surface area (Å²) in [4.78, 5) is 16.5. The summed E-state index contributed by atoms with van der Waals surface area (Å²) in [6.45, 7) is 0. The number of rotatable bonds is 6. The van der Waals surface area contributed by atoms with Crippen molar-refractivity contribution in [2.45, 2.75) is 17.8 Å². The number of nitrogens with zero attached hydrogens (tertiary/aromatic N) is 1. The lowest BCUT2D eigenvalue weighted by molar-refractivity contribution is -0.119. The van der Waals surface area contributed by atoms with Crippen LogP contribution in [0.2, 0.25) is 0 Å². The lowest BCUT2D eigenvalue weighted by Gasteiger charge is -2.22. The summed E-state index contributed by atoms with van der Waals surface area (Å²) in [7, 11) is 0.125. The van der Waals surface area contributed by atoms with Crippen LogP contribution in [0.1, 0.15) is 17.4 Å². The van der Waals surface area contributed by atoms with Crippen molar-refractivity contribution in [3.8, 4) is 11.5 Å². The maximum atomic E-state index is 12.1. The predicted octanol–water partition coefficient (Wildman–Crippen LogP) is 1.19. The van der Waals surface area contributed by atoms with Gasteiger partial charge in [0.1, 0.15) is 5.37 Å². The number of carbonyl (C=O) groups is 1. The Hall–Kier alpha value is -1.94. The highest BCUT2D eigenvalue weighted by atomic mass is 32.2. The zero-order valence-electron chi connectivity index (χ0n) is 14.5. The van der Waals surface area contributed by atoms with Gasteiger partial charge in [0.15, 0.2) is 21.3 Å². The molecule has 2 N–H and O–H groups in total. The van der Waals surface area contributed by atoms with Crippen molar-refractivity contribution >= 4 is 39.5 Å². The SMILES string of the molecule is COc1cc2c(cc1OC)C(SCC(=O)NC1CCS(=O)(=O)C1)N=CN2. The van der Waals surface area contributed by atoms with Gasteiger partial charge in [0, 0.05) is 23.4 Å². The minimum absolute atomic E-state index is 0.0226. The molecule has 142 valence electrons. The number of nitrogens with one attached hydrogen (secondary N) is 2. The molecule has 1 fully saturated rings. The van der Waals surface area contributed by atoms with Crippen LogP contribution in [0.25, 0.3) is 0 Å². The molecule has 2 atom stereocenters. The van der Waals surface area contributed by atoms with E-state index in [9.17, 15) is 13.2 Å². The molecule has 1 saturated heterocycles.